The van der Waals surface area contributed by atoms with Crippen molar-refractivity contribution in [1.82, 2.24) is 15.0 Å². The average molecular weight is 382 g/mol. The third kappa shape index (κ3) is 4.54. The van der Waals surface area contributed by atoms with Crippen LogP contribution in [0.4, 0.5) is 10.3 Å². The molecule has 3 rings (SSSR count). The van der Waals surface area contributed by atoms with Gasteiger partial charge in [0.15, 0.2) is 5.75 Å². The second-order valence-electron chi connectivity index (χ2n) is 6.80. The van der Waals surface area contributed by atoms with Crippen LogP contribution in [0.1, 0.15) is 13.8 Å². The lowest BCUT2D eigenvalue weighted by Gasteiger charge is -2.19. The van der Waals surface area contributed by atoms with E-state index in [1.54, 1.807) is 30.7 Å². The summed E-state index contributed by atoms with van der Waals surface area (Å²) in [6.45, 7) is 5.13. The van der Waals surface area contributed by atoms with Crippen LogP contribution in [0.15, 0.2) is 48.9 Å². The Kier molecular flexibility index (Phi) is 6.03. The van der Waals surface area contributed by atoms with Crippen molar-refractivity contribution >= 4 is 5.95 Å². The highest BCUT2D eigenvalue weighted by atomic mass is 19.1. The number of anilines is 1. The standard InChI is InChI=1S/C21H23FN4O2/c1-14(2)13-26(3)21-24-11-16(12-25-21)28-20-18(6-5-9-23-20)17-8-7-15(22)10-19(17)27-4/h5-12,14H,13H2,1-4H3. The third-order valence-electron chi connectivity index (χ3n) is 4.03. The summed E-state index contributed by atoms with van der Waals surface area (Å²) in [5, 5.41) is 0. The molecule has 6 nitrogen and oxygen atoms in total. The molecule has 0 aliphatic rings. The lowest BCUT2D eigenvalue weighted by Crippen LogP contribution is -2.24. The smallest absolute Gasteiger partial charge is 0.227 e. The maximum absolute atomic E-state index is 13.5. The van der Waals surface area contributed by atoms with E-state index in [0.717, 1.165) is 6.54 Å². The molecule has 7 heteroatoms. The van der Waals surface area contributed by atoms with E-state index < -0.39 is 0 Å². The number of ether oxygens (including phenoxy) is 2. The summed E-state index contributed by atoms with van der Waals surface area (Å²) in [7, 11) is 3.45. The molecule has 0 aliphatic heterocycles. The average Bonchev–Trinajstić information content (AvgIpc) is 2.68. The summed E-state index contributed by atoms with van der Waals surface area (Å²) in [6.07, 6.45) is 4.85. The minimum Gasteiger partial charge on any atom is -0.496 e. The predicted octanol–water partition coefficient (Wildman–Crippen LogP) is 4.57. The van der Waals surface area contributed by atoms with E-state index >= 15 is 0 Å². The van der Waals surface area contributed by atoms with E-state index in [2.05, 4.69) is 28.8 Å². The molecule has 0 fully saturated rings. The first-order valence-corrected chi connectivity index (χ1v) is 8.98. The Labute approximate surface area is 164 Å². The first-order chi connectivity index (χ1) is 13.5. The van der Waals surface area contributed by atoms with Gasteiger partial charge in [-0.1, -0.05) is 13.8 Å². The zero-order valence-corrected chi connectivity index (χ0v) is 16.4. The van der Waals surface area contributed by atoms with Crippen molar-refractivity contribution in [3.05, 3.63) is 54.7 Å². The summed E-state index contributed by atoms with van der Waals surface area (Å²) in [5.74, 6) is 1.98. The van der Waals surface area contributed by atoms with Gasteiger partial charge < -0.3 is 14.4 Å². The fourth-order valence-electron chi connectivity index (χ4n) is 2.86. The zero-order chi connectivity index (χ0) is 20.1. The van der Waals surface area contributed by atoms with Gasteiger partial charge in [-0.15, -0.1) is 0 Å². The first-order valence-electron chi connectivity index (χ1n) is 8.98. The molecule has 0 radical (unpaired) electrons. The van der Waals surface area contributed by atoms with Gasteiger partial charge in [0.05, 0.1) is 19.5 Å². The predicted molar refractivity (Wildman–Crippen MR) is 106 cm³/mol. The molecular weight excluding hydrogens is 359 g/mol. The van der Waals surface area contributed by atoms with E-state index in [1.807, 2.05) is 18.0 Å². The van der Waals surface area contributed by atoms with E-state index in [0.29, 0.717) is 40.4 Å². The molecular formula is C21H23FN4O2. The molecule has 0 bridgehead atoms. The molecule has 0 spiro atoms. The van der Waals surface area contributed by atoms with Crippen molar-refractivity contribution < 1.29 is 13.9 Å². The fraction of sp³-hybridized carbons (Fsp3) is 0.286. The topological polar surface area (TPSA) is 60.4 Å². The van der Waals surface area contributed by atoms with Crippen molar-refractivity contribution in [3.63, 3.8) is 0 Å². The monoisotopic (exact) mass is 382 g/mol. The summed E-state index contributed by atoms with van der Waals surface area (Å²) in [4.78, 5) is 15.0. The Morgan fingerprint density at radius 2 is 1.82 bits per heavy atom. The van der Waals surface area contributed by atoms with E-state index in [1.165, 1.54) is 19.2 Å². The van der Waals surface area contributed by atoms with Crippen molar-refractivity contribution in [2.75, 3.05) is 25.6 Å². The van der Waals surface area contributed by atoms with Crippen molar-refractivity contribution in [3.8, 4) is 28.5 Å². The van der Waals surface area contributed by atoms with Gasteiger partial charge in [0.25, 0.3) is 0 Å². The van der Waals surface area contributed by atoms with Crippen molar-refractivity contribution in [2.24, 2.45) is 5.92 Å². The quantitative estimate of drug-likeness (QED) is 0.596. The Morgan fingerprint density at radius 1 is 1.07 bits per heavy atom. The van der Waals surface area contributed by atoms with Gasteiger partial charge in [0, 0.05) is 37.0 Å². The third-order valence-corrected chi connectivity index (χ3v) is 4.03. The van der Waals surface area contributed by atoms with Crippen LogP contribution < -0.4 is 14.4 Å². The van der Waals surface area contributed by atoms with Crippen LogP contribution in [0.2, 0.25) is 0 Å². The van der Waals surface area contributed by atoms with Crippen molar-refractivity contribution in [2.45, 2.75) is 13.8 Å². The number of pyridine rings is 1. The zero-order valence-electron chi connectivity index (χ0n) is 16.4. The second-order valence-corrected chi connectivity index (χ2v) is 6.80. The summed E-state index contributed by atoms with van der Waals surface area (Å²) >= 11 is 0. The lowest BCUT2D eigenvalue weighted by atomic mass is 10.1. The Balaban J connectivity index is 1.87. The van der Waals surface area contributed by atoms with E-state index in [9.17, 15) is 4.39 Å². The summed E-state index contributed by atoms with van der Waals surface area (Å²) in [6, 6.07) is 7.96. The molecule has 0 N–H and O–H groups in total. The Hall–Kier alpha value is -3.22. The van der Waals surface area contributed by atoms with Gasteiger partial charge in [-0.05, 0) is 30.2 Å². The SMILES string of the molecule is COc1cc(F)ccc1-c1cccnc1Oc1cnc(N(C)CC(C)C)nc1. The Morgan fingerprint density at radius 3 is 2.50 bits per heavy atom. The van der Waals surface area contributed by atoms with Gasteiger partial charge in [0.1, 0.15) is 11.6 Å². The van der Waals surface area contributed by atoms with Crippen LogP contribution in [-0.4, -0.2) is 35.7 Å². The number of nitrogens with zero attached hydrogens (tertiary/aromatic N) is 4. The fourth-order valence-corrected chi connectivity index (χ4v) is 2.86. The van der Waals surface area contributed by atoms with Gasteiger partial charge in [0.2, 0.25) is 11.8 Å². The molecule has 146 valence electrons. The maximum Gasteiger partial charge on any atom is 0.227 e. The molecule has 0 aliphatic carbocycles. The van der Waals surface area contributed by atoms with Crippen molar-refractivity contribution in [1.29, 1.82) is 0 Å². The van der Waals surface area contributed by atoms with Gasteiger partial charge in [-0.3, -0.25) is 0 Å². The van der Waals surface area contributed by atoms with Gasteiger partial charge >= 0.3 is 0 Å². The lowest BCUT2D eigenvalue weighted by molar-refractivity contribution is 0.412. The van der Waals surface area contributed by atoms with Crippen LogP contribution in [0.25, 0.3) is 11.1 Å². The Bertz CT molecular complexity index is 932. The minimum atomic E-state index is -0.374. The van der Waals surface area contributed by atoms with Gasteiger partial charge in [-0.2, -0.15) is 0 Å². The summed E-state index contributed by atoms with van der Waals surface area (Å²) in [5.41, 5.74) is 1.36. The minimum absolute atomic E-state index is 0.360. The highest BCUT2D eigenvalue weighted by molar-refractivity contribution is 5.74. The van der Waals surface area contributed by atoms with Crippen LogP contribution in [0.5, 0.6) is 17.4 Å². The number of hydrogen-bond acceptors (Lipinski definition) is 6. The molecule has 28 heavy (non-hydrogen) atoms. The van der Waals surface area contributed by atoms with E-state index in [-0.39, 0.29) is 5.82 Å². The van der Waals surface area contributed by atoms with Crippen LogP contribution >= 0.6 is 0 Å². The molecule has 0 atom stereocenters. The van der Waals surface area contributed by atoms with Crippen LogP contribution in [0, 0.1) is 11.7 Å². The second kappa shape index (κ2) is 8.65. The van der Waals surface area contributed by atoms with E-state index in [4.69, 9.17) is 9.47 Å². The maximum atomic E-state index is 13.5. The number of rotatable bonds is 7. The molecule has 0 amide bonds. The number of aromatic nitrogens is 3. The number of methoxy groups -OCH3 is 1. The molecule has 1 aromatic carbocycles. The highest BCUT2D eigenvalue weighted by Gasteiger charge is 2.15. The molecule has 2 aromatic heterocycles. The molecule has 2 heterocycles. The van der Waals surface area contributed by atoms with Crippen LogP contribution in [0.3, 0.4) is 0 Å². The number of hydrogen-bond donors (Lipinski definition) is 0. The largest absolute Gasteiger partial charge is 0.496 e. The number of benzene rings is 1. The van der Waals surface area contributed by atoms with Gasteiger partial charge in [-0.25, -0.2) is 19.3 Å². The molecule has 0 unspecified atom stereocenters. The van der Waals surface area contributed by atoms with Crippen LogP contribution in [-0.2, 0) is 0 Å². The normalized spacial score (nSPS) is 10.8. The number of halogens is 1. The molecule has 0 saturated carbocycles. The summed E-state index contributed by atoms with van der Waals surface area (Å²) < 4.78 is 24.7. The highest BCUT2D eigenvalue weighted by Crippen LogP contribution is 2.37. The molecule has 3 aromatic rings. The molecule has 0 saturated heterocycles. The first kappa shape index (κ1) is 19.5.